The first-order valence-corrected chi connectivity index (χ1v) is 6.99. The van der Waals surface area contributed by atoms with E-state index in [2.05, 4.69) is 14.6 Å². The Hall–Kier alpha value is -2.00. The molecule has 0 aliphatic heterocycles. The monoisotopic (exact) mass is 304 g/mol. The standard InChI is InChI=1S/C11H16N2O6S/c1-11(2,3)18-10(15)13-7-4-5-9(8(14)6-7)19-20(12,16)17/h4-6,14H,1-3H3,(H,13,15)(H2,12,16,17). The average Bonchev–Trinajstić information content (AvgIpc) is 2.17. The van der Waals surface area contributed by atoms with Crippen LogP contribution in [0, 0.1) is 0 Å². The van der Waals surface area contributed by atoms with Gasteiger partial charge in [0.05, 0.1) is 0 Å². The molecular weight excluding hydrogens is 288 g/mol. The van der Waals surface area contributed by atoms with Crippen molar-refractivity contribution in [1.29, 1.82) is 0 Å². The third kappa shape index (κ3) is 5.76. The van der Waals surface area contributed by atoms with Gasteiger partial charge < -0.3 is 14.0 Å². The fraction of sp³-hybridized carbons (Fsp3) is 0.364. The highest BCUT2D eigenvalue weighted by Gasteiger charge is 2.17. The molecule has 1 aromatic carbocycles. The molecule has 1 aromatic rings. The molecular formula is C11H16N2O6S. The van der Waals surface area contributed by atoms with E-state index in [1.807, 2.05) is 0 Å². The summed E-state index contributed by atoms with van der Waals surface area (Å²) in [5.41, 5.74) is -0.457. The number of rotatable bonds is 3. The zero-order valence-electron chi connectivity index (χ0n) is 11.2. The second-order valence-electron chi connectivity index (χ2n) is 4.89. The summed E-state index contributed by atoms with van der Waals surface area (Å²) in [4.78, 5) is 11.5. The van der Waals surface area contributed by atoms with Crippen molar-refractivity contribution in [2.45, 2.75) is 26.4 Å². The van der Waals surface area contributed by atoms with E-state index < -0.39 is 27.7 Å². The van der Waals surface area contributed by atoms with Crippen LogP contribution in [0.25, 0.3) is 0 Å². The first kappa shape index (κ1) is 16.1. The lowest BCUT2D eigenvalue weighted by Crippen LogP contribution is -2.27. The number of carbonyl (C=O) groups is 1. The Morgan fingerprint density at radius 2 is 1.95 bits per heavy atom. The molecule has 0 bridgehead atoms. The van der Waals surface area contributed by atoms with Gasteiger partial charge in [-0.15, -0.1) is 0 Å². The maximum absolute atomic E-state index is 11.5. The first-order chi connectivity index (χ1) is 8.96. The molecule has 20 heavy (non-hydrogen) atoms. The molecule has 0 aliphatic rings. The van der Waals surface area contributed by atoms with Gasteiger partial charge in [-0.3, -0.25) is 5.32 Å². The Labute approximate surface area is 116 Å². The molecule has 0 atom stereocenters. The summed E-state index contributed by atoms with van der Waals surface area (Å²) in [5.74, 6) is -0.838. The van der Waals surface area contributed by atoms with Gasteiger partial charge in [0.1, 0.15) is 5.60 Å². The maximum atomic E-state index is 11.5. The van der Waals surface area contributed by atoms with E-state index in [-0.39, 0.29) is 11.4 Å². The largest absolute Gasteiger partial charge is 0.504 e. The van der Waals surface area contributed by atoms with E-state index in [0.29, 0.717) is 0 Å². The minimum absolute atomic E-state index is 0.207. The van der Waals surface area contributed by atoms with E-state index in [0.717, 1.165) is 12.1 Å². The van der Waals surface area contributed by atoms with Crippen molar-refractivity contribution < 1.29 is 27.2 Å². The number of phenols is 1. The van der Waals surface area contributed by atoms with Crippen molar-refractivity contribution in [3.8, 4) is 11.5 Å². The Morgan fingerprint density at radius 1 is 1.35 bits per heavy atom. The van der Waals surface area contributed by atoms with E-state index >= 15 is 0 Å². The highest BCUT2D eigenvalue weighted by molar-refractivity contribution is 7.84. The summed E-state index contributed by atoms with van der Waals surface area (Å²) in [6.07, 6.45) is -0.711. The van der Waals surface area contributed by atoms with Gasteiger partial charge in [-0.25, -0.2) is 4.79 Å². The number of nitrogens with two attached hydrogens (primary N) is 1. The lowest BCUT2D eigenvalue weighted by atomic mass is 10.2. The van der Waals surface area contributed by atoms with E-state index in [1.165, 1.54) is 6.07 Å². The number of phenolic OH excluding ortho intramolecular Hbond substituents is 1. The molecule has 0 aliphatic carbocycles. The molecule has 4 N–H and O–H groups in total. The van der Waals surface area contributed by atoms with Crippen molar-refractivity contribution in [3.05, 3.63) is 18.2 Å². The van der Waals surface area contributed by atoms with E-state index in [1.54, 1.807) is 20.8 Å². The number of anilines is 1. The lowest BCUT2D eigenvalue weighted by molar-refractivity contribution is 0.0636. The third-order valence-corrected chi connectivity index (χ3v) is 2.22. The smallest absolute Gasteiger partial charge is 0.412 e. The van der Waals surface area contributed by atoms with Crippen LogP contribution >= 0.6 is 0 Å². The van der Waals surface area contributed by atoms with Gasteiger partial charge in [0, 0.05) is 11.8 Å². The van der Waals surface area contributed by atoms with Crippen LogP contribution in [0.5, 0.6) is 11.5 Å². The Bertz CT molecular complexity index is 606. The summed E-state index contributed by atoms with van der Waals surface area (Å²) < 4.78 is 30.8. The van der Waals surface area contributed by atoms with Gasteiger partial charge in [0.25, 0.3) is 0 Å². The number of hydrogen-bond acceptors (Lipinski definition) is 6. The van der Waals surface area contributed by atoms with Crippen LogP contribution in [-0.4, -0.2) is 25.2 Å². The third-order valence-electron chi connectivity index (χ3n) is 1.81. The lowest BCUT2D eigenvalue weighted by Gasteiger charge is -2.19. The second kappa shape index (κ2) is 5.55. The van der Waals surface area contributed by atoms with Crippen LogP contribution in [0.15, 0.2) is 18.2 Å². The van der Waals surface area contributed by atoms with Gasteiger partial charge in [0.15, 0.2) is 11.5 Å². The number of nitrogens with one attached hydrogen (secondary N) is 1. The van der Waals surface area contributed by atoms with Crippen molar-refractivity contribution in [2.24, 2.45) is 5.14 Å². The Kier molecular flexibility index (Phi) is 4.46. The fourth-order valence-electron chi connectivity index (χ4n) is 1.21. The summed E-state index contributed by atoms with van der Waals surface area (Å²) in [7, 11) is -4.23. The van der Waals surface area contributed by atoms with Gasteiger partial charge in [-0.1, -0.05) is 0 Å². The molecule has 0 aromatic heterocycles. The number of ether oxygens (including phenoxy) is 1. The first-order valence-electron chi connectivity index (χ1n) is 5.51. The van der Waals surface area contributed by atoms with Gasteiger partial charge in [0.2, 0.25) is 0 Å². The fourth-order valence-corrected chi connectivity index (χ4v) is 1.60. The summed E-state index contributed by atoms with van der Waals surface area (Å²) in [5, 5.41) is 16.6. The number of carbonyl (C=O) groups excluding carboxylic acids is 1. The SMILES string of the molecule is CC(C)(C)OC(=O)Nc1ccc(OS(N)(=O)=O)c(O)c1. The van der Waals surface area contributed by atoms with E-state index in [4.69, 9.17) is 4.74 Å². The highest BCUT2D eigenvalue weighted by atomic mass is 32.2. The summed E-state index contributed by atoms with van der Waals surface area (Å²) in [6.45, 7) is 5.10. The topological polar surface area (TPSA) is 128 Å². The molecule has 9 heteroatoms. The molecule has 112 valence electrons. The molecule has 8 nitrogen and oxygen atoms in total. The average molecular weight is 304 g/mol. The maximum Gasteiger partial charge on any atom is 0.412 e. The minimum Gasteiger partial charge on any atom is -0.504 e. The number of benzene rings is 1. The number of aromatic hydroxyl groups is 1. The molecule has 0 spiro atoms. The van der Waals surface area contributed by atoms with Crippen LogP contribution < -0.4 is 14.6 Å². The van der Waals surface area contributed by atoms with Crippen LogP contribution in [-0.2, 0) is 15.0 Å². The van der Waals surface area contributed by atoms with Crippen molar-refractivity contribution in [1.82, 2.24) is 0 Å². The molecule has 1 rings (SSSR count). The quantitative estimate of drug-likeness (QED) is 0.772. The minimum atomic E-state index is -4.23. The molecule has 0 heterocycles. The van der Waals surface area contributed by atoms with Gasteiger partial charge >= 0.3 is 16.4 Å². The Balaban J connectivity index is 2.80. The molecule has 0 saturated heterocycles. The normalized spacial score (nSPS) is 11.8. The zero-order chi connectivity index (χ0) is 15.6. The molecule has 0 unspecified atom stereocenters. The summed E-state index contributed by atoms with van der Waals surface area (Å²) >= 11 is 0. The number of amides is 1. The van der Waals surface area contributed by atoms with Gasteiger partial charge in [-0.2, -0.15) is 13.6 Å². The van der Waals surface area contributed by atoms with Crippen molar-refractivity contribution in [3.63, 3.8) is 0 Å². The predicted octanol–water partition coefficient (Wildman–Crippen LogP) is 1.32. The summed E-state index contributed by atoms with van der Waals surface area (Å²) in [6, 6.07) is 3.57. The molecule has 0 fully saturated rings. The second-order valence-corrected chi connectivity index (χ2v) is 6.04. The van der Waals surface area contributed by atoms with E-state index in [9.17, 15) is 18.3 Å². The van der Waals surface area contributed by atoms with Gasteiger partial charge in [-0.05, 0) is 32.9 Å². The van der Waals surface area contributed by atoms with Crippen molar-refractivity contribution >= 4 is 22.1 Å². The highest BCUT2D eigenvalue weighted by Crippen LogP contribution is 2.29. The zero-order valence-corrected chi connectivity index (χ0v) is 12.0. The van der Waals surface area contributed by atoms with Crippen LogP contribution in [0.4, 0.5) is 10.5 Å². The van der Waals surface area contributed by atoms with Crippen molar-refractivity contribution in [2.75, 3.05) is 5.32 Å². The van der Waals surface area contributed by atoms with Crippen LogP contribution in [0.2, 0.25) is 0 Å². The predicted molar refractivity (Wildman–Crippen MR) is 71.7 cm³/mol. The molecule has 1 amide bonds. The van der Waals surface area contributed by atoms with Crippen LogP contribution in [0.1, 0.15) is 20.8 Å². The van der Waals surface area contributed by atoms with Crippen LogP contribution in [0.3, 0.4) is 0 Å². The Morgan fingerprint density at radius 3 is 2.40 bits per heavy atom. The number of hydrogen-bond donors (Lipinski definition) is 3. The molecule has 0 radical (unpaired) electrons. The molecule has 0 saturated carbocycles.